The Morgan fingerprint density at radius 3 is 1.54 bits per heavy atom. The van der Waals surface area contributed by atoms with Gasteiger partial charge in [-0.2, -0.15) is 8.78 Å². The van der Waals surface area contributed by atoms with Gasteiger partial charge in [-0.1, -0.05) is 64.5 Å². The summed E-state index contributed by atoms with van der Waals surface area (Å²) in [5, 5.41) is 13.7. The Morgan fingerprint density at radius 1 is 0.649 bits per heavy atom. The van der Waals surface area contributed by atoms with Gasteiger partial charge in [0.2, 0.25) is 11.6 Å². The van der Waals surface area contributed by atoms with Crippen LogP contribution < -0.4 is 15.4 Å². The van der Waals surface area contributed by atoms with Crippen LogP contribution in [0.25, 0.3) is 0 Å². The number of hydrogen-bond donors (Lipinski definition) is 3. The van der Waals surface area contributed by atoms with Crippen LogP contribution in [0, 0.1) is 34.9 Å². The molecule has 0 aliphatic heterocycles. The summed E-state index contributed by atoms with van der Waals surface area (Å²) in [5.74, 6) is -11.8. The van der Waals surface area contributed by atoms with Gasteiger partial charge in [-0.25, -0.2) is 17.6 Å². The van der Waals surface area contributed by atoms with Gasteiger partial charge in [-0.3, -0.25) is 29.1 Å². The van der Waals surface area contributed by atoms with Crippen LogP contribution in [0.15, 0.2) is 73.1 Å². The molecule has 0 saturated carbocycles. The van der Waals surface area contributed by atoms with E-state index >= 15 is 0 Å². The predicted molar refractivity (Wildman–Crippen MR) is 200 cm³/mol. The van der Waals surface area contributed by atoms with Crippen molar-refractivity contribution in [2.45, 2.75) is 77.3 Å². The molecule has 3 N–H and O–H groups in total. The molecule has 57 heavy (non-hydrogen) atoms. The molecule has 0 aliphatic rings. The highest BCUT2D eigenvalue weighted by Gasteiger charge is 2.24. The van der Waals surface area contributed by atoms with Crippen molar-refractivity contribution < 1.29 is 55.4 Å². The number of hydrogen-bond acceptors (Lipinski definition) is 8. The summed E-state index contributed by atoms with van der Waals surface area (Å²) in [4.78, 5) is 56.3. The fourth-order valence-electron chi connectivity index (χ4n) is 4.78. The summed E-state index contributed by atoms with van der Waals surface area (Å²) in [5.41, 5.74) is 0.448. The van der Waals surface area contributed by atoms with E-state index in [4.69, 9.17) is 21.4 Å². The van der Waals surface area contributed by atoms with Gasteiger partial charge >= 0.3 is 0 Å². The van der Waals surface area contributed by atoms with E-state index in [-0.39, 0.29) is 23.3 Å². The molecule has 0 bridgehead atoms. The number of ketones is 2. The average Bonchev–Trinajstić information content (AvgIpc) is 3.22. The van der Waals surface area contributed by atoms with E-state index in [2.05, 4.69) is 27.5 Å². The highest BCUT2D eigenvalue weighted by molar-refractivity contribution is 6.28. The third-order valence-corrected chi connectivity index (χ3v) is 8.15. The first-order valence-corrected chi connectivity index (χ1v) is 18.4. The molecule has 2 heterocycles. The molecule has 0 saturated heterocycles. The molecule has 2 amide bonds. The fraction of sp³-hybridized carbons (Fsp3) is 0.350. The number of nitrogens with zero attached hydrogens (tertiary/aromatic N) is 2. The number of amides is 2. The minimum Gasteiger partial charge on any atom is -0.503 e. The number of unbranched alkanes of at least 4 members (excludes halogenated alkanes) is 4. The molecule has 10 nitrogen and oxygen atoms in total. The van der Waals surface area contributed by atoms with E-state index in [0.29, 0.717) is 49.2 Å². The van der Waals surface area contributed by atoms with Gasteiger partial charge < -0.3 is 20.5 Å². The topological polar surface area (TPSA) is 148 Å². The number of alkyl halides is 1. The van der Waals surface area contributed by atoms with Crippen molar-refractivity contribution >= 4 is 35.0 Å². The molecular weight excluding hydrogens is 782 g/mol. The lowest BCUT2D eigenvalue weighted by atomic mass is 10.0. The molecule has 4 rings (SSSR count). The fourth-order valence-corrected chi connectivity index (χ4v) is 4.96. The number of rotatable bonds is 18. The van der Waals surface area contributed by atoms with Gasteiger partial charge in [0.15, 0.2) is 46.3 Å². The zero-order valence-corrected chi connectivity index (χ0v) is 31.9. The van der Waals surface area contributed by atoms with Gasteiger partial charge in [0, 0.05) is 12.4 Å². The summed E-state index contributed by atoms with van der Waals surface area (Å²) in [7, 11) is 0. The molecule has 308 valence electrons. The molecule has 2 atom stereocenters. The van der Waals surface area contributed by atoms with Gasteiger partial charge in [0.25, 0.3) is 11.8 Å². The Bertz CT molecular complexity index is 1870. The Balaban J connectivity index is 0.000000331. The first-order chi connectivity index (χ1) is 27.2. The number of aromatic hydroxyl groups is 1. The van der Waals surface area contributed by atoms with Crippen LogP contribution in [0.3, 0.4) is 0 Å². The third-order valence-electron chi connectivity index (χ3n) is 7.89. The molecule has 0 aliphatic carbocycles. The maximum Gasteiger partial charge on any atom is 0.270 e. The Labute approximate surface area is 331 Å². The summed E-state index contributed by atoms with van der Waals surface area (Å²) in [6, 6.07) is 11.0. The van der Waals surface area contributed by atoms with Crippen molar-refractivity contribution in [3.8, 4) is 11.5 Å². The lowest BCUT2D eigenvalue weighted by Gasteiger charge is -2.18. The monoisotopic (exact) mass is 824 g/mol. The number of aromatic nitrogens is 2. The minimum atomic E-state index is -1.56. The number of carbonyl (C=O) groups excluding carboxylic acids is 4. The predicted octanol–water partition coefficient (Wildman–Crippen LogP) is 8.20. The lowest BCUT2D eigenvalue weighted by molar-refractivity contribution is -0.123. The highest BCUT2D eigenvalue weighted by Crippen LogP contribution is 2.24. The van der Waals surface area contributed by atoms with E-state index in [1.54, 1.807) is 36.5 Å². The van der Waals surface area contributed by atoms with E-state index in [9.17, 15) is 45.5 Å². The summed E-state index contributed by atoms with van der Waals surface area (Å²) in [6.45, 7) is 3.36. The quantitative estimate of drug-likeness (QED) is 0.0394. The molecule has 2 aromatic carbocycles. The van der Waals surface area contributed by atoms with Crippen LogP contribution >= 0.6 is 11.6 Å². The first kappa shape index (κ1) is 47.6. The first-order valence-electron chi connectivity index (χ1n) is 17.9. The second kappa shape index (κ2) is 25.6. The zero-order chi connectivity index (χ0) is 42.3. The van der Waals surface area contributed by atoms with Crippen molar-refractivity contribution in [3.63, 3.8) is 0 Å². The maximum atomic E-state index is 13.7. The Morgan fingerprint density at radius 2 is 1.11 bits per heavy atom. The van der Waals surface area contributed by atoms with Gasteiger partial charge in [0.1, 0.15) is 18.0 Å². The average molecular weight is 825 g/mol. The number of carbonyl (C=O) groups is 4. The van der Waals surface area contributed by atoms with Gasteiger partial charge in [-0.15, -0.1) is 11.6 Å². The maximum absolute atomic E-state index is 13.7. The van der Waals surface area contributed by atoms with Crippen LogP contribution in [0.4, 0.5) is 26.3 Å². The molecule has 0 spiro atoms. The van der Waals surface area contributed by atoms with Gasteiger partial charge in [-0.05, 0) is 61.4 Å². The molecule has 0 unspecified atom stereocenters. The van der Waals surface area contributed by atoms with E-state index in [1.807, 2.05) is 6.92 Å². The second-order valence-corrected chi connectivity index (χ2v) is 12.5. The lowest BCUT2D eigenvalue weighted by Crippen LogP contribution is -2.43. The SMILES string of the molecule is CCCCC[C@H](NC(=O)c1ccccn1)C(=O)CCl.CCCCC[C@H](NC(=O)c1ccccn1)C(=O)COc1c(F)ccc(F)c1F.Oc1c(F)ccc(F)c1F. The number of benzene rings is 2. The van der Waals surface area contributed by atoms with Crippen molar-refractivity contribution in [2.75, 3.05) is 12.5 Å². The molecule has 0 radical (unpaired) electrons. The number of phenols is 1. The van der Waals surface area contributed by atoms with E-state index in [1.165, 1.54) is 12.3 Å². The molecular formula is C40H43ClF6N4O6. The van der Waals surface area contributed by atoms with Crippen LogP contribution in [-0.4, -0.2) is 63.0 Å². The molecule has 4 aromatic rings. The minimum absolute atomic E-state index is 0.0840. The summed E-state index contributed by atoms with van der Waals surface area (Å²) >= 11 is 5.57. The van der Waals surface area contributed by atoms with E-state index in [0.717, 1.165) is 32.1 Å². The van der Waals surface area contributed by atoms with Gasteiger partial charge in [0.05, 0.1) is 18.0 Å². The summed E-state index contributed by atoms with van der Waals surface area (Å²) in [6.07, 6.45) is 9.36. The standard InChI is InChI=1S/C20H21F3N2O3.C14H19ClN2O2.C6H3F3O/c1-2-3-4-7-15(25-20(27)16-8-5-6-11-24-16)17(26)12-28-19-14(22)10-9-13(21)18(19)23;1-2-3-4-7-11(13(18)10-15)17-14(19)12-8-5-6-9-16-12;7-3-1-2-4(8)6(10)5(3)9/h5-6,8-11,15H,2-4,7,12H2,1H3,(H,25,27);5-6,8-9,11H,2-4,7,10H2,1H3,(H,17,19);1-2,10H/t15-;11-;/m00./s1. The number of ether oxygens (including phenoxy) is 1. The van der Waals surface area contributed by atoms with Crippen LogP contribution in [0.1, 0.15) is 86.2 Å². The molecule has 17 heteroatoms. The second-order valence-electron chi connectivity index (χ2n) is 12.2. The summed E-state index contributed by atoms with van der Waals surface area (Å²) < 4.78 is 81.7. The number of pyridine rings is 2. The number of phenolic OH excluding ortho intramolecular Hbond substituents is 1. The van der Waals surface area contributed by atoms with Crippen molar-refractivity contribution in [1.29, 1.82) is 0 Å². The number of nitrogens with one attached hydrogen (secondary N) is 2. The third kappa shape index (κ3) is 16.2. The smallest absolute Gasteiger partial charge is 0.270 e. The largest absolute Gasteiger partial charge is 0.503 e. The van der Waals surface area contributed by atoms with Crippen molar-refractivity contribution in [1.82, 2.24) is 20.6 Å². The molecule has 2 aromatic heterocycles. The Hall–Kier alpha value is -5.51. The van der Waals surface area contributed by atoms with Crippen LogP contribution in [0.2, 0.25) is 0 Å². The van der Waals surface area contributed by atoms with Crippen molar-refractivity contribution in [3.05, 3.63) is 119 Å². The number of Topliss-reactive ketones (excluding diaryl/α,β-unsaturated/α-hetero) is 2. The normalized spacial score (nSPS) is 11.5. The zero-order valence-electron chi connectivity index (χ0n) is 31.2. The number of halogens is 7. The van der Waals surface area contributed by atoms with Crippen molar-refractivity contribution in [2.24, 2.45) is 0 Å². The van der Waals surface area contributed by atoms with Crippen LogP contribution in [0.5, 0.6) is 11.5 Å². The highest BCUT2D eigenvalue weighted by atomic mass is 35.5. The van der Waals surface area contributed by atoms with E-state index < -0.39 is 76.8 Å². The van der Waals surface area contributed by atoms with Crippen LogP contribution in [-0.2, 0) is 9.59 Å². The Kier molecular flexibility index (Phi) is 21.4. The molecule has 0 fully saturated rings.